The zero-order valence-corrected chi connectivity index (χ0v) is 9.35. The molecule has 4 heteroatoms. The maximum absolute atomic E-state index is 5.84. The van der Waals surface area contributed by atoms with E-state index in [1.165, 1.54) is 0 Å². The zero-order valence-electron chi connectivity index (χ0n) is 9.35. The Hall–Kier alpha value is -1.71. The average Bonchev–Trinajstić information content (AvgIpc) is 2.35. The van der Waals surface area contributed by atoms with Crippen LogP contribution in [0.1, 0.15) is 13.3 Å². The standard InChI is InChI=1S/C12H16N2O2/c1-2-7-14-12(13)11-8-15-9-5-3-4-6-10(9)16-11/h3-6,11H,2,7-8H2,1H3,(H2,13,14). The number of para-hydroxylation sites is 2. The molecule has 0 aliphatic carbocycles. The highest BCUT2D eigenvalue weighted by Crippen LogP contribution is 2.30. The monoisotopic (exact) mass is 220 g/mol. The van der Waals surface area contributed by atoms with Crippen LogP contribution < -0.4 is 15.2 Å². The van der Waals surface area contributed by atoms with Crippen LogP contribution in [0.2, 0.25) is 0 Å². The van der Waals surface area contributed by atoms with Gasteiger partial charge in [0.2, 0.25) is 0 Å². The van der Waals surface area contributed by atoms with Gasteiger partial charge in [-0.1, -0.05) is 19.1 Å². The molecule has 1 heterocycles. The summed E-state index contributed by atoms with van der Waals surface area (Å²) in [5, 5.41) is 0. The second-order valence-electron chi connectivity index (χ2n) is 3.67. The van der Waals surface area contributed by atoms with E-state index < -0.39 is 0 Å². The van der Waals surface area contributed by atoms with E-state index in [1.54, 1.807) is 0 Å². The van der Waals surface area contributed by atoms with Crippen molar-refractivity contribution in [3.63, 3.8) is 0 Å². The highest BCUT2D eigenvalue weighted by atomic mass is 16.6. The fraction of sp³-hybridized carbons (Fsp3) is 0.417. The van der Waals surface area contributed by atoms with Crippen LogP contribution in [-0.4, -0.2) is 25.1 Å². The normalized spacial score (nSPS) is 19.6. The van der Waals surface area contributed by atoms with Crippen molar-refractivity contribution >= 4 is 5.84 Å². The third-order valence-electron chi connectivity index (χ3n) is 2.36. The Morgan fingerprint density at radius 3 is 2.94 bits per heavy atom. The third-order valence-corrected chi connectivity index (χ3v) is 2.36. The van der Waals surface area contributed by atoms with Crippen molar-refractivity contribution in [1.82, 2.24) is 0 Å². The van der Waals surface area contributed by atoms with Crippen LogP contribution in [0.25, 0.3) is 0 Å². The number of nitrogens with zero attached hydrogens (tertiary/aromatic N) is 1. The molecule has 0 saturated carbocycles. The lowest BCUT2D eigenvalue weighted by molar-refractivity contribution is 0.134. The summed E-state index contributed by atoms with van der Waals surface area (Å²) in [7, 11) is 0. The molecule has 1 unspecified atom stereocenters. The van der Waals surface area contributed by atoms with Crippen LogP contribution in [0, 0.1) is 0 Å². The van der Waals surface area contributed by atoms with E-state index in [4.69, 9.17) is 15.2 Å². The van der Waals surface area contributed by atoms with Gasteiger partial charge in [0.15, 0.2) is 17.6 Å². The predicted molar refractivity (Wildman–Crippen MR) is 63.1 cm³/mol. The molecule has 0 amide bonds. The Balaban J connectivity index is 2.08. The molecular formula is C12H16N2O2. The van der Waals surface area contributed by atoms with Gasteiger partial charge in [-0.05, 0) is 18.6 Å². The number of benzene rings is 1. The van der Waals surface area contributed by atoms with Gasteiger partial charge < -0.3 is 15.2 Å². The lowest BCUT2D eigenvalue weighted by Crippen LogP contribution is -2.41. The molecule has 1 aromatic rings. The van der Waals surface area contributed by atoms with Crippen molar-refractivity contribution in [3.8, 4) is 11.5 Å². The van der Waals surface area contributed by atoms with Gasteiger partial charge in [-0.3, -0.25) is 4.99 Å². The molecule has 0 spiro atoms. The number of nitrogens with two attached hydrogens (primary N) is 1. The minimum Gasteiger partial charge on any atom is -0.485 e. The van der Waals surface area contributed by atoms with E-state index in [2.05, 4.69) is 11.9 Å². The second-order valence-corrected chi connectivity index (χ2v) is 3.67. The largest absolute Gasteiger partial charge is 0.485 e. The second kappa shape index (κ2) is 4.88. The average molecular weight is 220 g/mol. The van der Waals surface area contributed by atoms with Crippen molar-refractivity contribution in [1.29, 1.82) is 0 Å². The Bertz CT molecular complexity index is 390. The van der Waals surface area contributed by atoms with Crippen LogP contribution >= 0.6 is 0 Å². The van der Waals surface area contributed by atoms with Crippen molar-refractivity contribution < 1.29 is 9.47 Å². The maximum Gasteiger partial charge on any atom is 0.189 e. The Morgan fingerprint density at radius 2 is 2.19 bits per heavy atom. The topological polar surface area (TPSA) is 56.8 Å². The molecule has 16 heavy (non-hydrogen) atoms. The first-order valence-electron chi connectivity index (χ1n) is 5.49. The summed E-state index contributed by atoms with van der Waals surface area (Å²) in [6, 6.07) is 7.57. The number of fused-ring (bicyclic) bond motifs is 1. The van der Waals surface area contributed by atoms with Crippen molar-refractivity contribution in [2.24, 2.45) is 10.7 Å². The summed E-state index contributed by atoms with van der Waals surface area (Å²) in [4.78, 5) is 4.23. The Labute approximate surface area is 95.1 Å². The molecule has 2 N–H and O–H groups in total. The number of aliphatic imine (C=N–C) groups is 1. The van der Waals surface area contributed by atoms with E-state index in [-0.39, 0.29) is 6.10 Å². The van der Waals surface area contributed by atoms with Gasteiger partial charge in [-0.15, -0.1) is 0 Å². The van der Waals surface area contributed by atoms with Crippen LogP contribution in [0.5, 0.6) is 11.5 Å². The van der Waals surface area contributed by atoms with Crippen LogP contribution in [0.3, 0.4) is 0 Å². The summed E-state index contributed by atoms with van der Waals surface area (Å²) in [6.07, 6.45) is 0.715. The molecule has 2 rings (SSSR count). The Morgan fingerprint density at radius 1 is 1.44 bits per heavy atom. The number of rotatable bonds is 3. The molecule has 1 aromatic carbocycles. The van der Waals surface area contributed by atoms with E-state index in [9.17, 15) is 0 Å². The molecule has 0 aromatic heterocycles. The highest BCUT2D eigenvalue weighted by Gasteiger charge is 2.23. The fourth-order valence-electron chi connectivity index (χ4n) is 1.51. The number of hydrogen-bond donors (Lipinski definition) is 1. The number of hydrogen-bond acceptors (Lipinski definition) is 3. The lowest BCUT2D eigenvalue weighted by atomic mass is 10.2. The highest BCUT2D eigenvalue weighted by molar-refractivity contribution is 5.85. The molecule has 1 aliphatic heterocycles. The molecule has 0 fully saturated rings. The number of amidine groups is 1. The summed E-state index contributed by atoms with van der Waals surface area (Å²) < 4.78 is 11.3. The predicted octanol–water partition coefficient (Wildman–Crippen LogP) is 1.59. The van der Waals surface area contributed by atoms with Gasteiger partial charge in [-0.2, -0.15) is 0 Å². The molecule has 1 atom stereocenters. The van der Waals surface area contributed by atoms with E-state index in [1.807, 2.05) is 24.3 Å². The molecule has 86 valence electrons. The van der Waals surface area contributed by atoms with Gasteiger partial charge >= 0.3 is 0 Å². The van der Waals surface area contributed by atoms with Gasteiger partial charge in [-0.25, -0.2) is 0 Å². The number of ether oxygens (including phenoxy) is 2. The Kier molecular flexibility index (Phi) is 3.29. The van der Waals surface area contributed by atoms with E-state index in [0.717, 1.165) is 24.5 Å². The minimum atomic E-state index is -0.263. The molecule has 1 aliphatic rings. The maximum atomic E-state index is 5.84. The van der Waals surface area contributed by atoms with Crippen molar-refractivity contribution in [2.75, 3.05) is 13.2 Å². The zero-order chi connectivity index (χ0) is 11.4. The smallest absolute Gasteiger partial charge is 0.189 e. The SMILES string of the molecule is CCCN=C(N)C1COc2ccccc2O1. The van der Waals surface area contributed by atoms with Crippen LogP contribution in [-0.2, 0) is 0 Å². The quantitative estimate of drug-likeness (QED) is 0.621. The van der Waals surface area contributed by atoms with Crippen LogP contribution in [0.15, 0.2) is 29.3 Å². The molecule has 0 saturated heterocycles. The van der Waals surface area contributed by atoms with Gasteiger partial charge in [0, 0.05) is 6.54 Å². The van der Waals surface area contributed by atoms with Gasteiger partial charge in [0.25, 0.3) is 0 Å². The van der Waals surface area contributed by atoms with Crippen molar-refractivity contribution in [2.45, 2.75) is 19.4 Å². The minimum absolute atomic E-state index is 0.263. The first-order valence-corrected chi connectivity index (χ1v) is 5.49. The van der Waals surface area contributed by atoms with E-state index >= 15 is 0 Å². The van der Waals surface area contributed by atoms with Gasteiger partial charge in [0.05, 0.1) is 0 Å². The van der Waals surface area contributed by atoms with Crippen LogP contribution in [0.4, 0.5) is 0 Å². The molecule has 0 radical (unpaired) electrons. The van der Waals surface area contributed by atoms with E-state index in [0.29, 0.717) is 12.4 Å². The molecule has 4 nitrogen and oxygen atoms in total. The summed E-state index contributed by atoms with van der Waals surface area (Å²) in [5.41, 5.74) is 5.84. The first kappa shape index (κ1) is 10.8. The summed E-state index contributed by atoms with van der Waals surface area (Å²) in [6.45, 7) is 3.22. The fourth-order valence-corrected chi connectivity index (χ4v) is 1.51. The lowest BCUT2D eigenvalue weighted by Gasteiger charge is -2.25. The van der Waals surface area contributed by atoms with Gasteiger partial charge in [0.1, 0.15) is 12.4 Å². The van der Waals surface area contributed by atoms with Crippen molar-refractivity contribution in [3.05, 3.63) is 24.3 Å². The molecular weight excluding hydrogens is 204 g/mol. The third kappa shape index (κ3) is 2.27. The first-order chi connectivity index (χ1) is 7.81. The summed E-state index contributed by atoms with van der Waals surface area (Å²) in [5.74, 6) is 2.01. The summed E-state index contributed by atoms with van der Waals surface area (Å²) >= 11 is 0. The molecule has 0 bridgehead atoms.